The molecular formula is C18H20O4. The highest BCUT2D eigenvalue weighted by molar-refractivity contribution is 5.74. The Bertz CT molecular complexity index is 632. The molecule has 0 spiro atoms. The average Bonchev–Trinajstić information content (AvgIpc) is 2.54. The van der Waals surface area contributed by atoms with Crippen molar-refractivity contribution in [1.82, 2.24) is 0 Å². The van der Waals surface area contributed by atoms with Crippen molar-refractivity contribution in [3.05, 3.63) is 54.1 Å². The number of benzene rings is 2. The van der Waals surface area contributed by atoms with Gasteiger partial charge in [-0.2, -0.15) is 0 Å². The molecule has 0 aliphatic rings. The van der Waals surface area contributed by atoms with Gasteiger partial charge in [0.25, 0.3) is 0 Å². The molecule has 2 atom stereocenters. The third-order valence-corrected chi connectivity index (χ3v) is 3.40. The van der Waals surface area contributed by atoms with E-state index < -0.39 is 18.2 Å². The first-order valence-corrected chi connectivity index (χ1v) is 7.14. The van der Waals surface area contributed by atoms with E-state index in [4.69, 9.17) is 4.74 Å². The third kappa shape index (κ3) is 3.86. The molecule has 0 amide bonds. The van der Waals surface area contributed by atoms with Crippen molar-refractivity contribution >= 4 is 5.97 Å². The second-order valence-corrected chi connectivity index (χ2v) is 5.11. The first-order valence-electron chi connectivity index (χ1n) is 7.14. The number of carbonyl (C=O) groups is 1. The number of aliphatic hydroxyl groups is 1. The predicted octanol–water partition coefficient (Wildman–Crippen LogP) is 3.35. The van der Waals surface area contributed by atoms with Crippen LogP contribution in [0.4, 0.5) is 0 Å². The molecule has 0 bridgehead atoms. The van der Waals surface area contributed by atoms with Crippen LogP contribution in [0.15, 0.2) is 48.5 Å². The van der Waals surface area contributed by atoms with Crippen LogP contribution >= 0.6 is 0 Å². The SMILES string of the molecule is COC(=O)C(C)Oc1ccc(-c2cccc(C(C)O)c2)cc1. The second-order valence-electron chi connectivity index (χ2n) is 5.11. The van der Waals surface area contributed by atoms with Gasteiger partial charge in [-0.05, 0) is 48.7 Å². The van der Waals surface area contributed by atoms with Gasteiger partial charge in [0.1, 0.15) is 5.75 Å². The van der Waals surface area contributed by atoms with Crippen molar-refractivity contribution in [2.75, 3.05) is 7.11 Å². The number of esters is 1. The molecule has 0 heterocycles. The first-order chi connectivity index (χ1) is 10.5. The van der Waals surface area contributed by atoms with Crippen LogP contribution in [0.1, 0.15) is 25.5 Å². The zero-order valence-corrected chi connectivity index (χ0v) is 12.9. The van der Waals surface area contributed by atoms with Gasteiger partial charge in [0, 0.05) is 0 Å². The van der Waals surface area contributed by atoms with E-state index in [1.807, 2.05) is 48.5 Å². The number of carbonyl (C=O) groups excluding carboxylic acids is 1. The van der Waals surface area contributed by atoms with Crippen LogP contribution in [0.25, 0.3) is 11.1 Å². The molecule has 4 nitrogen and oxygen atoms in total. The van der Waals surface area contributed by atoms with Gasteiger partial charge < -0.3 is 14.6 Å². The minimum atomic E-state index is -0.644. The van der Waals surface area contributed by atoms with E-state index in [-0.39, 0.29) is 0 Å². The highest BCUT2D eigenvalue weighted by Gasteiger charge is 2.14. The Balaban J connectivity index is 2.15. The molecule has 0 aromatic heterocycles. The summed E-state index contributed by atoms with van der Waals surface area (Å²) in [5.74, 6) is 0.196. The Morgan fingerprint density at radius 3 is 2.32 bits per heavy atom. The van der Waals surface area contributed by atoms with E-state index in [1.165, 1.54) is 7.11 Å². The van der Waals surface area contributed by atoms with Gasteiger partial charge in [0.05, 0.1) is 13.2 Å². The summed E-state index contributed by atoms with van der Waals surface area (Å²) in [6, 6.07) is 15.2. The van der Waals surface area contributed by atoms with Gasteiger partial charge in [0.2, 0.25) is 0 Å². The van der Waals surface area contributed by atoms with Gasteiger partial charge in [-0.25, -0.2) is 4.79 Å². The Hall–Kier alpha value is -2.33. The van der Waals surface area contributed by atoms with Crippen molar-refractivity contribution in [2.45, 2.75) is 26.1 Å². The number of ether oxygens (including phenoxy) is 2. The lowest BCUT2D eigenvalue weighted by Gasteiger charge is -2.13. The molecule has 0 saturated heterocycles. The Morgan fingerprint density at radius 2 is 1.73 bits per heavy atom. The van der Waals surface area contributed by atoms with Crippen molar-refractivity contribution in [3.8, 4) is 16.9 Å². The van der Waals surface area contributed by atoms with Gasteiger partial charge in [-0.1, -0.05) is 30.3 Å². The van der Waals surface area contributed by atoms with Crippen LogP contribution in [0.5, 0.6) is 5.75 Å². The van der Waals surface area contributed by atoms with E-state index in [0.717, 1.165) is 16.7 Å². The normalized spacial score (nSPS) is 13.3. The zero-order chi connectivity index (χ0) is 16.1. The summed E-state index contributed by atoms with van der Waals surface area (Å²) in [6.45, 7) is 3.39. The topological polar surface area (TPSA) is 55.8 Å². The molecule has 0 aliphatic heterocycles. The molecule has 0 radical (unpaired) electrons. The van der Waals surface area contributed by atoms with Crippen LogP contribution in [-0.4, -0.2) is 24.3 Å². The van der Waals surface area contributed by atoms with Crippen molar-refractivity contribution in [1.29, 1.82) is 0 Å². The molecule has 1 N–H and O–H groups in total. The maximum atomic E-state index is 11.3. The maximum absolute atomic E-state index is 11.3. The highest BCUT2D eigenvalue weighted by Crippen LogP contribution is 2.25. The smallest absolute Gasteiger partial charge is 0.346 e. The van der Waals surface area contributed by atoms with Gasteiger partial charge in [-0.15, -0.1) is 0 Å². The van der Waals surface area contributed by atoms with Crippen LogP contribution in [0.3, 0.4) is 0 Å². The Labute approximate surface area is 130 Å². The summed E-state index contributed by atoms with van der Waals surface area (Å²) < 4.78 is 10.1. The van der Waals surface area contributed by atoms with Crippen LogP contribution in [0.2, 0.25) is 0 Å². The maximum Gasteiger partial charge on any atom is 0.346 e. The average molecular weight is 300 g/mol. The van der Waals surface area contributed by atoms with Gasteiger partial charge in [0.15, 0.2) is 6.10 Å². The molecular weight excluding hydrogens is 280 g/mol. The molecule has 4 heteroatoms. The van der Waals surface area contributed by atoms with Crippen LogP contribution in [0, 0.1) is 0 Å². The molecule has 2 unspecified atom stereocenters. The number of methoxy groups -OCH3 is 1. The molecule has 2 aromatic carbocycles. The van der Waals surface area contributed by atoms with E-state index >= 15 is 0 Å². The summed E-state index contributed by atoms with van der Waals surface area (Å²) in [4.78, 5) is 11.3. The van der Waals surface area contributed by atoms with Crippen molar-refractivity contribution in [2.24, 2.45) is 0 Å². The van der Waals surface area contributed by atoms with E-state index in [1.54, 1.807) is 13.8 Å². The minimum absolute atomic E-state index is 0.409. The van der Waals surface area contributed by atoms with Crippen molar-refractivity contribution < 1.29 is 19.4 Å². The first kappa shape index (κ1) is 16.0. The molecule has 116 valence electrons. The number of aliphatic hydroxyl groups excluding tert-OH is 1. The molecule has 22 heavy (non-hydrogen) atoms. The number of hydrogen-bond donors (Lipinski definition) is 1. The predicted molar refractivity (Wildman–Crippen MR) is 84.6 cm³/mol. The monoisotopic (exact) mass is 300 g/mol. The quantitative estimate of drug-likeness (QED) is 0.860. The fourth-order valence-corrected chi connectivity index (χ4v) is 2.12. The molecule has 0 saturated carbocycles. The Kier molecular flexibility index (Phi) is 5.17. The van der Waals surface area contributed by atoms with Crippen LogP contribution < -0.4 is 4.74 Å². The second kappa shape index (κ2) is 7.09. The fraction of sp³-hybridized carbons (Fsp3) is 0.278. The lowest BCUT2D eigenvalue weighted by molar-refractivity contribution is -0.147. The lowest BCUT2D eigenvalue weighted by atomic mass is 10.0. The molecule has 0 fully saturated rings. The lowest BCUT2D eigenvalue weighted by Crippen LogP contribution is -2.24. The summed E-state index contributed by atoms with van der Waals surface area (Å²) in [6.07, 6.45) is -1.14. The van der Waals surface area contributed by atoms with E-state index in [2.05, 4.69) is 4.74 Å². The molecule has 2 rings (SSSR count). The summed E-state index contributed by atoms with van der Waals surface area (Å²) in [7, 11) is 1.33. The van der Waals surface area contributed by atoms with Crippen molar-refractivity contribution in [3.63, 3.8) is 0 Å². The third-order valence-electron chi connectivity index (χ3n) is 3.40. The summed E-state index contributed by atoms with van der Waals surface area (Å²) in [5.41, 5.74) is 2.91. The standard InChI is InChI=1S/C18H20O4/c1-12(19)15-5-4-6-16(11-15)14-7-9-17(10-8-14)22-13(2)18(20)21-3/h4-13,19H,1-3H3. The molecule has 2 aromatic rings. The zero-order valence-electron chi connectivity index (χ0n) is 12.9. The number of hydrogen-bond acceptors (Lipinski definition) is 4. The highest BCUT2D eigenvalue weighted by atomic mass is 16.6. The van der Waals surface area contributed by atoms with E-state index in [9.17, 15) is 9.90 Å². The minimum Gasteiger partial charge on any atom is -0.479 e. The Morgan fingerprint density at radius 1 is 1.05 bits per heavy atom. The largest absolute Gasteiger partial charge is 0.479 e. The van der Waals surface area contributed by atoms with E-state index in [0.29, 0.717) is 5.75 Å². The number of rotatable bonds is 5. The van der Waals surface area contributed by atoms with Gasteiger partial charge in [-0.3, -0.25) is 0 Å². The summed E-state index contributed by atoms with van der Waals surface area (Å²) >= 11 is 0. The van der Waals surface area contributed by atoms with Crippen LogP contribution in [-0.2, 0) is 9.53 Å². The molecule has 0 aliphatic carbocycles. The summed E-state index contributed by atoms with van der Waals surface area (Å²) in [5, 5.41) is 9.65. The fourth-order valence-electron chi connectivity index (χ4n) is 2.12. The van der Waals surface area contributed by atoms with Gasteiger partial charge >= 0.3 is 5.97 Å².